The van der Waals surface area contributed by atoms with Crippen molar-refractivity contribution in [3.05, 3.63) is 23.5 Å². The van der Waals surface area contributed by atoms with Gasteiger partial charge in [0.25, 0.3) is 0 Å². The van der Waals surface area contributed by atoms with Crippen LogP contribution in [0.25, 0.3) is 0 Å². The summed E-state index contributed by atoms with van der Waals surface area (Å²) < 4.78 is 4.79. The highest BCUT2D eigenvalue weighted by Gasteiger charge is 2.00. The molecule has 0 aliphatic heterocycles. The standard InChI is InChI=1S/C9H14O2/c1-5-8(4)9(10)11-6-7(2)3/h5-6H,1-4H3/b8-5-. The fourth-order valence-electron chi connectivity index (χ4n) is 0.382. The number of allylic oxidation sites excluding steroid dienone is 2. The fraction of sp³-hybridized carbons (Fsp3) is 0.444. The van der Waals surface area contributed by atoms with Gasteiger partial charge in [-0.05, 0) is 33.3 Å². The van der Waals surface area contributed by atoms with Crippen molar-refractivity contribution in [1.82, 2.24) is 0 Å². The molecule has 0 atom stereocenters. The highest BCUT2D eigenvalue weighted by Crippen LogP contribution is 1.98. The summed E-state index contributed by atoms with van der Waals surface area (Å²) >= 11 is 0. The van der Waals surface area contributed by atoms with Gasteiger partial charge in [-0.15, -0.1) is 0 Å². The zero-order chi connectivity index (χ0) is 8.85. The maximum atomic E-state index is 10.9. The third-order valence-corrected chi connectivity index (χ3v) is 1.16. The molecule has 0 rings (SSSR count). The molecule has 0 heterocycles. The van der Waals surface area contributed by atoms with Gasteiger partial charge in [0.1, 0.15) is 0 Å². The van der Waals surface area contributed by atoms with Gasteiger partial charge in [-0.25, -0.2) is 4.79 Å². The van der Waals surface area contributed by atoms with Crippen LogP contribution >= 0.6 is 0 Å². The van der Waals surface area contributed by atoms with Gasteiger partial charge < -0.3 is 4.74 Å². The van der Waals surface area contributed by atoms with Crippen LogP contribution in [-0.2, 0) is 9.53 Å². The Balaban J connectivity index is 4.00. The summed E-state index contributed by atoms with van der Waals surface area (Å²) in [5, 5.41) is 0. The lowest BCUT2D eigenvalue weighted by atomic mass is 10.3. The van der Waals surface area contributed by atoms with Crippen molar-refractivity contribution in [2.45, 2.75) is 27.7 Å². The molecular formula is C9H14O2. The molecule has 2 heteroatoms. The summed E-state index contributed by atoms with van der Waals surface area (Å²) in [5.41, 5.74) is 1.60. The number of hydrogen-bond donors (Lipinski definition) is 0. The molecule has 0 aliphatic carbocycles. The Bertz CT molecular complexity index is 196. The monoisotopic (exact) mass is 154 g/mol. The molecule has 0 unspecified atom stereocenters. The van der Waals surface area contributed by atoms with E-state index in [2.05, 4.69) is 0 Å². The molecule has 0 aromatic carbocycles. The number of carbonyl (C=O) groups excluding carboxylic acids is 1. The molecular weight excluding hydrogens is 140 g/mol. The Morgan fingerprint density at radius 1 is 1.27 bits per heavy atom. The average Bonchev–Trinajstić information content (AvgIpc) is 1.98. The SMILES string of the molecule is C/C=C(/C)C(=O)OC=C(C)C. The Labute approximate surface area is 67.6 Å². The highest BCUT2D eigenvalue weighted by atomic mass is 16.5. The van der Waals surface area contributed by atoms with Crippen LogP contribution < -0.4 is 0 Å². The van der Waals surface area contributed by atoms with Crippen LogP contribution in [0.3, 0.4) is 0 Å². The van der Waals surface area contributed by atoms with Gasteiger partial charge in [0.2, 0.25) is 0 Å². The lowest BCUT2D eigenvalue weighted by molar-refractivity contribution is -0.133. The highest BCUT2D eigenvalue weighted by molar-refractivity contribution is 5.88. The van der Waals surface area contributed by atoms with Gasteiger partial charge in [0.15, 0.2) is 0 Å². The molecule has 0 aromatic rings. The van der Waals surface area contributed by atoms with Crippen molar-refractivity contribution >= 4 is 5.97 Å². The van der Waals surface area contributed by atoms with Crippen LogP contribution in [-0.4, -0.2) is 5.97 Å². The van der Waals surface area contributed by atoms with E-state index in [1.807, 2.05) is 13.8 Å². The summed E-state index contributed by atoms with van der Waals surface area (Å²) in [5.74, 6) is -0.284. The zero-order valence-electron chi connectivity index (χ0n) is 7.47. The average molecular weight is 154 g/mol. The van der Waals surface area contributed by atoms with Gasteiger partial charge in [0, 0.05) is 5.57 Å². The van der Waals surface area contributed by atoms with Crippen LogP contribution in [0.15, 0.2) is 23.5 Å². The third-order valence-electron chi connectivity index (χ3n) is 1.16. The minimum Gasteiger partial charge on any atom is -0.431 e. The first-order valence-electron chi connectivity index (χ1n) is 3.55. The summed E-state index contributed by atoms with van der Waals surface area (Å²) in [6.07, 6.45) is 3.18. The molecule has 0 amide bonds. The molecule has 0 aromatic heterocycles. The summed E-state index contributed by atoms with van der Waals surface area (Å²) in [6, 6.07) is 0. The van der Waals surface area contributed by atoms with Crippen LogP contribution in [0.1, 0.15) is 27.7 Å². The summed E-state index contributed by atoms with van der Waals surface area (Å²) in [4.78, 5) is 10.9. The van der Waals surface area contributed by atoms with Crippen molar-refractivity contribution in [3.63, 3.8) is 0 Å². The third kappa shape index (κ3) is 4.37. The van der Waals surface area contributed by atoms with E-state index in [-0.39, 0.29) is 5.97 Å². The molecule has 0 saturated heterocycles. The topological polar surface area (TPSA) is 26.3 Å². The van der Waals surface area contributed by atoms with E-state index >= 15 is 0 Å². The number of rotatable bonds is 2. The van der Waals surface area contributed by atoms with Gasteiger partial charge in [-0.3, -0.25) is 0 Å². The molecule has 0 fully saturated rings. The molecule has 0 bridgehead atoms. The van der Waals surface area contributed by atoms with Gasteiger partial charge >= 0.3 is 5.97 Å². The molecule has 11 heavy (non-hydrogen) atoms. The second kappa shape index (κ2) is 4.72. The van der Waals surface area contributed by atoms with Crippen LogP contribution in [0.4, 0.5) is 0 Å². The second-order valence-corrected chi connectivity index (χ2v) is 2.57. The van der Waals surface area contributed by atoms with Crippen LogP contribution in [0.2, 0.25) is 0 Å². The maximum absolute atomic E-state index is 10.9. The first-order valence-corrected chi connectivity index (χ1v) is 3.55. The first-order chi connectivity index (χ1) is 5.07. The molecule has 0 spiro atoms. The van der Waals surface area contributed by atoms with Crippen molar-refractivity contribution in [3.8, 4) is 0 Å². The molecule has 0 saturated carbocycles. The predicted octanol–water partition coefficient (Wildman–Crippen LogP) is 2.42. The van der Waals surface area contributed by atoms with E-state index in [0.29, 0.717) is 5.57 Å². The summed E-state index contributed by atoms with van der Waals surface area (Å²) in [6.45, 7) is 7.27. The van der Waals surface area contributed by atoms with E-state index in [1.165, 1.54) is 6.26 Å². The predicted molar refractivity (Wildman–Crippen MR) is 45.0 cm³/mol. The van der Waals surface area contributed by atoms with E-state index in [1.54, 1.807) is 19.9 Å². The molecule has 2 nitrogen and oxygen atoms in total. The lowest BCUT2D eigenvalue weighted by Gasteiger charge is -1.97. The van der Waals surface area contributed by atoms with Crippen molar-refractivity contribution in [2.75, 3.05) is 0 Å². The smallest absolute Gasteiger partial charge is 0.338 e. The largest absolute Gasteiger partial charge is 0.431 e. The Kier molecular flexibility index (Phi) is 4.27. The van der Waals surface area contributed by atoms with Gasteiger partial charge in [0.05, 0.1) is 6.26 Å². The normalized spacial score (nSPS) is 10.7. The minimum absolute atomic E-state index is 0.284. The number of hydrogen-bond acceptors (Lipinski definition) is 2. The van der Waals surface area contributed by atoms with E-state index in [4.69, 9.17) is 4.74 Å². The van der Waals surface area contributed by atoms with Gasteiger partial charge in [-0.2, -0.15) is 0 Å². The van der Waals surface area contributed by atoms with Crippen LogP contribution in [0, 0.1) is 0 Å². The number of esters is 1. The molecule has 0 N–H and O–H groups in total. The Hall–Kier alpha value is -1.05. The van der Waals surface area contributed by atoms with Crippen molar-refractivity contribution in [2.24, 2.45) is 0 Å². The Morgan fingerprint density at radius 2 is 1.82 bits per heavy atom. The van der Waals surface area contributed by atoms with E-state index < -0.39 is 0 Å². The number of carbonyl (C=O) groups is 1. The summed E-state index contributed by atoms with van der Waals surface area (Å²) in [7, 11) is 0. The first kappa shape index (κ1) is 9.95. The van der Waals surface area contributed by atoms with Crippen molar-refractivity contribution < 1.29 is 9.53 Å². The quantitative estimate of drug-likeness (QED) is 0.347. The molecule has 0 radical (unpaired) electrons. The second-order valence-electron chi connectivity index (χ2n) is 2.57. The molecule has 0 aliphatic rings. The minimum atomic E-state index is -0.284. The molecule has 62 valence electrons. The number of ether oxygens (including phenoxy) is 1. The maximum Gasteiger partial charge on any atom is 0.338 e. The Morgan fingerprint density at radius 3 is 2.18 bits per heavy atom. The van der Waals surface area contributed by atoms with Gasteiger partial charge in [-0.1, -0.05) is 6.08 Å². The lowest BCUT2D eigenvalue weighted by Crippen LogP contribution is -2.00. The van der Waals surface area contributed by atoms with Crippen LogP contribution in [0.5, 0.6) is 0 Å². The van der Waals surface area contributed by atoms with E-state index in [0.717, 1.165) is 5.57 Å². The van der Waals surface area contributed by atoms with E-state index in [9.17, 15) is 4.79 Å². The zero-order valence-corrected chi connectivity index (χ0v) is 7.47. The fourth-order valence-corrected chi connectivity index (χ4v) is 0.382. The van der Waals surface area contributed by atoms with Crippen molar-refractivity contribution in [1.29, 1.82) is 0 Å².